The van der Waals surface area contributed by atoms with E-state index in [9.17, 15) is 8.42 Å². The highest BCUT2D eigenvalue weighted by atomic mass is 32.2. The molecule has 5 nitrogen and oxygen atoms in total. The first-order chi connectivity index (χ1) is 7.20. The summed E-state index contributed by atoms with van der Waals surface area (Å²) in [7, 11) is -3.70. The van der Waals surface area contributed by atoms with E-state index in [4.69, 9.17) is 10.9 Å². The Hall–Kier alpha value is -1.11. The Morgan fingerprint density at radius 3 is 2.38 bits per heavy atom. The molecule has 0 aliphatic carbocycles. The van der Waals surface area contributed by atoms with E-state index < -0.39 is 15.6 Å². The summed E-state index contributed by atoms with van der Waals surface area (Å²) >= 11 is 0. The van der Waals surface area contributed by atoms with E-state index in [1.165, 1.54) is 6.07 Å². The summed E-state index contributed by atoms with van der Waals surface area (Å²) in [5, 5.41) is 8.07. The number of hydrogen-bond acceptors (Lipinski definition) is 4. The van der Waals surface area contributed by atoms with Gasteiger partial charge in [0.1, 0.15) is 4.90 Å². The highest BCUT2D eigenvalue weighted by Gasteiger charge is 2.15. The Morgan fingerprint density at radius 2 is 1.88 bits per heavy atom. The van der Waals surface area contributed by atoms with Crippen LogP contribution in [0.5, 0.6) is 0 Å². The predicted octanol–water partition coefficient (Wildman–Crippen LogP) is 0.483. The number of rotatable bonds is 4. The van der Waals surface area contributed by atoms with Crippen LogP contribution in [-0.2, 0) is 10.0 Å². The maximum absolute atomic E-state index is 11.3. The third kappa shape index (κ3) is 3.80. The standard InChI is InChI=1S/C10H17N3O2S/c1-10(2,11)7-13-8-5-3-4-6-9(8)16(12,14)15/h3-6,13H,7,11H2,1-2H3,(H2,12,14,15). The lowest BCUT2D eigenvalue weighted by Crippen LogP contribution is -2.39. The fourth-order valence-corrected chi connectivity index (χ4v) is 1.90. The second kappa shape index (κ2) is 4.40. The Morgan fingerprint density at radius 1 is 1.31 bits per heavy atom. The highest BCUT2D eigenvalue weighted by Crippen LogP contribution is 2.19. The minimum absolute atomic E-state index is 0.0826. The van der Waals surface area contributed by atoms with Crippen molar-refractivity contribution in [2.24, 2.45) is 10.9 Å². The van der Waals surface area contributed by atoms with Crippen molar-refractivity contribution in [2.45, 2.75) is 24.3 Å². The van der Waals surface area contributed by atoms with Gasteiger partial charge in [0, 0.05) is 12.1 Å². The smallest absolute Gasteiger partial charge is 0.240 e. The van der Waals surface area contributed by atoms with Crippen LogP contribution in [0.25, 0.3) is 0 Å². The van der Waals surface area contributed by atoms with Crippen LogP contribution in [0.4, 0.5) is 5.69 Å². The molecule has 0 bridgehead atoms. The van der Waals surface area contributed by atoms with E-state index in [2.05, 4.69) is 5.32 Å². The molecule has 1 rings (SSSR count). The van der Waals surface area contributed by atoms with Gasteiger partial charge in [-0.05, 0) is 26.0 Å². The van der Waals surface area contributed by atoms with Crippen molar-refractivity contribution in [3.05, 3.63) is 24.3 Å². The maximum Gasteiger partial charge on any atom is 0.240 e. The van der Waals surface area contributed by atoms with Crippen molar-refractivity contribution in [3.8, 4) is 0 Å². The highest BCUT2D eigenvalue weighted by molar-refractivity contribution is 7.89. The first-order valence-electron chi connectivity index (χ1n) is 4.85. The molecule has 1 aromatic rings. The van der Waals surface area contributed by atoms with Crippen LogP contribution in [0.1, 0.15) is 13.8 Å². The van der Waals surface area contributed by atoms with Gasteiger partial charge in [-0.15, -0.1) is 0 Å². The van der Waals surface area contributed by atoms with E-state index in [1.807, 2.05) is 13.8 Å². The summed E-state index contributed by atoms with van der Waals surface area (Å²) in [6.45, 7) is 4.15. The van der Waals surface area contributed by atoms with Crippen LogP contribution >= 0.6 is 0 Å². The molecule has 0 aliphatic heterocycles. The summed E-state index contributed by atoms with van der Waals surface area (Å²) in [6.07, 6.45) is 0. The third-order valence-corrected chi connectivity index (χ3v) is 2.90. The van der Waals surface area contributed by atoms with E-state index in [0.717, 1.165) is 0 Å². The van der Waals surface area contributed by atoms with Gasteiger partial charge in [-0.25, -0.2) is 13.6 Å². The van der Waals surface area contributed by atoms with Gasteiger partial charge in [-0.3, -0.25) is 0 Å². The topological polar surface area (TPSA) is 98.2 Å². The fraction of sp³-hybridized carbons (Fsp3) is 0.400. The Bertz CT molecular complexity index is 463. The fourth-order valence-electron chi connectivity index (χ4n) is 1.18. The van der Waals surface area contributed by atoms with Crippen LogP contribution < -0.4 is 16.2 Å². The van der Waals surface area contributed by atoms with Gasteiger partial charge in [0.05, 0.1) is 5.69 Å². The first kappa shape index (κ1) is 13.0. The summed E-state index contributed by atoms with van der Waals surface area (Å²) < 4.78 is 22.6. The predicted molar refractivity (Wildman–Crippen MR) is 64.6 cm³/mol. The molecule has 0 amide bonds. The van der Waals surface area contributed by atoms with E-state index >= 15 is 0 Å². The molecule has 0 radical (unpaired) electrons. The van der Waals surface area contributed by atoms with Crippen LogP contribution in [0.2, 0.25) is 0 Å². The average molecular weight is 243 g/mol. The number of para-hydroxylation sites is 1. The lowest BCUT2D eigenvalue weighted by molar-refractivity contribution is 0.548. The number of sulfonamides is 1. The van der Waals surface area contributed by atoms with E-state index in [1.54, 1.807) is 18.2 Å². The molecule has 5 N–H and O–H groups in total. The minimum Gasteiger partial charge on any atom is -0.382 e. The van der Waals surface area contributed by atoms with Crippen molar-refractivity contribution < 1.29 is 8.42 Å². The number of hydrogen-bond donors (Lipinski definition) is 3. The van der Waals surface area contributed by atoms with Crippen molar-refractivity contribution in [1.82, 2.24) is 0 Å². The number of nitrogens with two attached hydrogens (primary N) is 2. The number of benzene rings is 1. The normalized spacial score (nSPS) is 12.5. The molecular weight excluding hydrogens is 226 g/mol. The Kier molecular flexibility index (Phi) is 3.57. The zero-order chi connectivity index (χ0) is 12.4. The van der Waals surface area contributed by atoms with Crippen LogP contribution in [0.3, 0.4) is 0 Å². The number of anilines is 1. The summed E-state index contributed by atoms with van der Waals surface area (Å²) in [5.41, 5.74) is 5.85. The van der Waals surface area contributed by atoms with Gasteiger partial charge >= 0.3 is 0 Å². The van der Waals surface area contributed by atoms with Crippen molar-refractivity contribution >= 4 is 15.7 Å². The zero-order valence-corrected chi connectivity index (χ0v) is 10.2. The van der Waals surface area contributed by atoms with Gasteiger partial charge < -0.3 is 11.1 Å². The Labute approximate surface area is 95.9 Å². The minimum atomic E-state index is -3.70. The molecule has 16 heavy (non-hydrogen) atoms. The second-order valence-electron chi connectivity index (χ2n) is 4.38. The average Bonchev–Trinajstić information content (AvgIpc) is 2.12. The van der Waals surface area contributed by atoms with E-state index in [0.29, 0.717) is 12.2 Å². The molecule has 6 heteroatoms. The molecule has 0 atom stereocenters. The van der Waals surface area contributed by atoms with E-state index in [-0.39, 0.29) is 4.90 Å². The van der Waals surface area contributed by atoms with Gasteiger partial charge in [-0.2, -0.15) is 0 Å². The molecule has 90 valence electrons. The third-order valence-electron chi connectivity index (χ3n) is 1.93. The summed E-state index contributed by atoms with van der Waals surface area (Å²) in [4.78, 5) is 0.0826. The largest absolute Gasteiger partial charge is 0.382 e. The lowest BCUT2D eigenvalue weighted by Gasteiger charge is -2.20. The van der Waals surface area contributed by atoms with Crippen molar-refractivity contribution in [1.29, 1.82) is 0 Å². The summed E-state index contributed by atoms with van der Waals surface area (Å²) in [6, 6.07) is 6.48. The lowest BCUT2D eigenvalue weighted by atomic mass is 10.1. The zero-order valence-electron chi connectivity index (χ0n) is 9.40. The molecule has 0 heterocycles. The number of primary sulfonamides is 1. The van der Waals surface area contributed by atoms with Gasteiger partial charge in [0.25, 0.3) is 0 Å². The molecule has 0 fully saturated rings. The first-order valence-corrected chi connectivity index (χ1v) is 6.39. The molecule has 0 spiro atoms. The van der Waals surface area contributed by atoms with Crippen LogP contribution in [-0.4, -0.2) is 20.5 Å². The van der Waals surface area contributed by atoms with Gasteiger partial charge in [0.15, 0.2) is 0 Å². The molecular formula is C10H17N3O2S. The molecule has 0 saturated heterocycles. The van der Waals surface area contributed by atoms with Gasteiger partial charge in [-0.1, -0.05) is 12.1 Å². The monoisotopic (exact) mass is 243 g/mol. The van der Waals surface area contributed by atoms with Crippen molar-refractivity contribution in [2.75, 3.05) is 11.9 Å². The van der Waals surface area contributed by atoms with Crippen LogP contribution in [0, 0.1) is 0 Å². The molecule has 0 aliphatic rings. The van der Waals surface area contributed by atoms with Crippen LogP contribution in [0.15, 0.2) is 29.2 Å². The van der Waals surface area contributed by atoms with Gasteiger partial charge in [0.2, 0.25) is 10.0 Å². The Balaban J connectivity index is 2.97. The second-order valence-corrected chi connectivity index (χ2v) is 5.91. The number of nitrogens with one attached hydrogen (secondary N) is 1. The quantitative estimate of drug-likeness (QED) is 0.716. The maximum atomic E-state index is 11.3. The SMILES string of the molecule is CC(C)(N)CNc1ccccc1S(N)(=O)=O. The summed E-state index contributed by atoms with van der Waals surface area (Å²) in [5.74, 6) is 0. The molecule has 0 aromatic heterocycles. The molecule has 0 unspecified atom stereocenters. The van der Waals surface area contributed by atoms with Crippen molar-refractivity contribution in [3.63, 3.8) is 0 Å². The molecule has 1 aromatic carbocycles. The molecule has 0 saturated carbocycles.